The Morgan fingerprint density at radius 1 is 1.13 bits per heavy atom. The predicted molar refractivity (Wildman–Crippen MR) is 96.4 cm³/mol. The molecule has 128 valence electrons. The molecule has 0 aliphatic heterocycles. The number of guanidine groups is 1. The molecule has 0 saturated carbocycles. The van der Waals surface area contributed by atoms with E-state index in [9.17, 15) is 4.79 Å². The molecular formula is C18H30N4O. The van der Waals surface area contributed by atoms with Crippen LogP contribution in [0.15, 0.2) is 35.3 Å². The van der Waals surface area contributed by atoms with Crippen molar-refractivity contribution >= 4 is 11.9 Å². The van der Waals surface area contributed by atoms with Crippen LogP contribution in [0.4, 0.5) is 0 Å². The van der Waals surface area contributed by atoms with Crippen LogP contribution < -0.4 is 10.6 Å². The van der Waals surface area contributed by atoms with E-state index in [4.69, 9.17) is 0 Å². The highest BCUT2D eigenvalue weighted by Crippen LogP contribution is 2.04. The van der Waals surface area contributed by atoms with E-state index in [1.54, 1.807) is 7.05 Å². The van der Waals surface area contributed by atoms with Crippen LogP contribution in [0.1, 0.15) is 38.7 Å². The number of nitrogens with zero attached hydrogens (tertiary/aromatic N) is 2. The van der Waals surface area contributed by atoms with Crippen molar-refractivity contribution in [2.75, 3.05) is 26.7 Å². The summed E-state index contributed by atoms with van der Waals surface area (Å²) in [6.45, 7) is 6.64. The fourth-order valence-electron chi connectivity index (χ4n) is 2.25. The number of hydrogen-bond acceptors (Lipinski definition) is 2. The summed E-state index contributed by atoms with van der Waals surface area (Å²) in [5.41, 5.74) is 1.14. The van der Waals surface area contributed by atoms with E-state index in [0.717, 1.165) is 18.5 Å². The first-order valence-corrected chi connectivity index (χ1v) is 8.47. The number of carbonyl (C=O) groups excluding carboxylic acids is 1. The number of hydrogen-bond donors (Lipinski definition) is 2. The molecule has 0 radical (unpaired) electrons. The lowest BCUT2D eigenvalue weighted by molar-refractivity contribution is -0.130. The second-order valence-corrected chi connectivity index (χ2v) is 5.45. The maximum absolute atomic E-state index is 12.4. The van der Waals surface area contributed by atoms with Crippen LogP contribution in [0.2, 0.25) is 0 Å². The van der Waals surface area contributed by atoms with Gasteiger partial charge in [-0.2, -0.15) is 0 Å². The van der Waals surface area contributed by atoms with Crippen molar-refractivity contribution in [3.63, 3.8) is 0 Å². The van der Waals surface area contributed by atoms with Gasteiger partial charge in [0.1, 0.15) is 0 Å². The highest BCUT2D eigenvalue weighted by Gasteiger charge is 2.12. The average molecular weight is 318 g/mol. The summed E-state index contributed by atoms with van der Waals surface area (Å²) in [6.07, 6.45) is 3.50. The molecule has 0 saturated heterocycles. The van der Waals surface area contributed by atoms with Gasteiger partial charge in [0.05, 0.1) is 6.54 Å². The van der Waals surface area contributed by atoms with Gasteiger partial charge in [-0.3, -0.25) is 9.79 Å². The third-order valence-corrected chi connectivity index (χ3v) is 3.65. The summed E-state index contributed by atoms with van der Waals surface area (Å²) in [4.78, 5) is 18.3. The molecule has 0 heterocycles. The minimum Gasteiger partial charge on any atom is -0.356 e. The van der Waals surface area contributed by atoms with Gasteiger partial charge in [0.15, 0.2) is 5.96 Å². The highest BCUT2D eigenvalue weighted by molar-refractivity contribution is 5.86. The van der Waals surface area contributed by atoms with Crippen molar-refractivity contribution in [2.24, 2.45) is 4.99 Å². The first-order chi connectivity index (χ1) is 11.2. The maximum Gasteiger partial charge on any atom is 0.242 e. The van der Waals surface area contributed by atoms with E-state index in [0.29, 0.717) is 19.0 Å². The molecule has 23 heavy (non-hydrogen) atoms. The SMILES string of the molecule is CCCCCNC(=NC)NCC(=O)N(CC)Cc1ccccc1. The Bertz CT molecular complexity index is 473. The third kappa shape index (κ3) is 7.68. The van der Waals surface area contributed by atoms with E-state index in [1.807, 2.05) is 42.2 Å². The number of benzene rings is 1. The molecule has 0 aromatic heterocycles. The first-order valence-electron chi connectivity index (χ1n) is 8.47. The topological polar surface area (TPSA) is 56.7 Å². The molecule has 0 unspecified atom stereocenters. The maximum atomic E-state index is 12.4. The predicted octanol–water partition coefficient (Wildman–Crippen LogP) is 2.39. The lowest BCUT2D eigenvalue weighted by Gasteiger charge is -2.22. The summed E-state index contributed by atoms with van der Waals surface area (Å²) in [6, 6.07) is 10.1. The zero-order valence-electron chi connectivity index (χ0n) is 14.6. The van der Waals surface area contributed by atoms with E-state index >= 15 is 0 Å². The van der Waals surface area contributed by atoms with Crippen molar-refractivity contribution in [1.82, 2.24) is 15.5 Å². The Morgan fingerprint density at radius 2 is 1.87 bits per heavy atom. The number of unbranched alkanes of at least 4 members (excludes halogenated alkanes) is 2. The quantitative estimate of drug-likeness (QED) is 0.417. The number of nitrogens with one attached hydrogen (secondary N) is 2. The van der Waals surface area contributed by atoms with Gasteiger partial charge in [-0.25, -0.2) is 0 Å². The number of carbonyl (C=O) groups is 1. The van der Waals surface area contributed by atoms with Crippen LogP contribution in [0.25, 0.3) is 0 Å². The van der Waals surface area contributed by atoms with Crippen molar-refractivity contribution in [2.45, 2.75) is 39.7 Å². The molecule has 5 nitrogen and oxygen atoms in total. The fraction of sp³-hybridized carbons (Fsp3) is 0.556. The normalized spacial score (nSPS) is 11.2. The minimum absolute atomic E-state index is 0.0767. The molecule has 1 amide bonds. The zero-order valence-corrected chi connectivity index (χ0v) is 14.6. The van der Waals surface area contributed by atoms with E-state index in [-0.39, 0.29) is 12.5 Å². The largest absolute Gasteiger partial charge is 0.356 e. The lowest BCUT2D eigenvalue weighted by atomic mass is 10.2. The van der Waals surface area contributed by atoms with Crippen molar-refractivity contribution in [3.05, 3.63) is 35.9 Å². The van der Waals surface area contributed by atoms with Gasteiger partial charge in [-0.15, -0.1) is 0 Å². The summed E-state index contributed by atoms with van der Waals surface area (Å²) in [5.74, 6) is 0.762. The summed E-state index contributed by atoms with van der Waals surface area (Å²) >= 11 is 0. The Labute approximate surface area is 140 Å². The van der Waals surface area contributed by atoms with Crippen molar-refractivity contribution in [3.8, 4) is 0 Å². The standard InChI is InChI=1S/C18H30N4O/c1-4-6-10-13-20-18(19-3)21-14-17(23)22(5-2)15-16-11-8-7-9-12-16/h7-9,11-12H,4-6,10,13-15H2,1-3H3,(H2,19,20,21). The first kappa shape index (κ1) is 19.0. The van der Waals surface area contributed by atoms with Gasteiger partial charge < -0.3 is 15.5 Å². The minimum atomic E-state index is 0.0767. The summed E-state index contributed by atoms with van der Waals surface area (Å²) in [7, 11) is 1.72. The molecule has 1 rings (SSSR count). The Hall–Kier alpha value is -2.04. The third-order valence-electron chi connectivity index (χ3n) is 3.65. The number of amides is 1. The van der Waals surface area contributed by atoms with Gasteiger partial charge in [0, 0.05) is 26.7 Å². The fourth-order valence-corrected chi connectivity index (χ4v) is 2.25. The molecular weight excluding hydrogens is 288 g/mol. The van der Waals surface area contributed by atoms with Crippen LogP contribution in [-0.2, 0) is 11.3 Å². The van der Waals surface area contributed by atoms with Crippen molar-refractivity contribution in [1.29, 1.82) is 0 Å². The Morgan fingerprint density at radius 3 is 2.48 bits per heavy atom. The van der Waals surface area contributed by atoms with E-state index in [1.165, 1.54) is 12.8 Å². The van der Waals surface area contributed by atoms with Crippen LogP contribution in [-0.4, -0.2) is 43.4 Å². The van der Waals surface area contributed by atoms with E-state index in [2.05, 4.69) is 22.5 Å². The van der Waals surface area contributed by atoms with Gasteiger partial charge in [0.2, 0.25) is 5.91 Å². The molecule has 0 fully saturated rings. The van der Waals surface area contributed by atoms with Gasteiger partial charge in [-0.05, 0) is 18.9 Å². The Balaban J connectivity index is 2.40. The zero-order chi connectivity index (χ0) is 16.9. The molecule has 0 bridgehead atoms. The average Bonchev–Trinajstić information content (AvgIpc) is 2.59. The molecule has 1 aromatic rings. The number of rotatable bonds is 9. The summed E-state index contributed by atoms with van der Waals surface area (Å²) < 4.78 is 0. The molecule has 0 atom stereocenters. The summed E-state index contributed by atoms with van der Waals surface area (Å²) in [5, 5.41) is 6.33. The molecule has 2 N–H and O–H groups in total. The molecule has 0 aliphatic carbocycles. The second-order valence-electron chi connectivity index (χ2n) is 5.45. The van der Waals surface area contributed by atoms with Crippen LogP contribution in [0.3, 0.4) is 0 Å². The smallest absolute Gasteiger partial charge is 0.242 e. The molecule has 1 aromatic carbocycles. The van der Waals surface area contributed by atoms with Gasteiger partial charge in [0.25, 0.3) is 0 Å². The molecule has 0 spiro atoms. The monoisotopic (exact) mass is 318 g/mol. The number of aliphatic imine (C=N–C) groups is 1. The lowest BCUT2D eigenvalue weighted by Crippen LogP contribution is -2.44. The van der Waals surface area contributed by atoms with Crippen LogP contribution in [0, 0.1) is 0 Å². The van der Waals surface area contributed by atoms with Gasteiger partial charge in [-0.1, -0.05) is 50.1 Å². The molecule has 5 heteroatoms. The number of likely N-dealkylation sites (N-methyl/N-ethyl adjacent to an activating group) is 1. The Kier molecular flexibility index (Phi) is 9.52. The molecule has 0 aliphatic rings. The van der Waals surface area contributed by atoms with E-state index < -0.39 is 0 Å². The van der Waals surface area contributed by atoms with Crippen LogP contribution in [0.5, 0.6) is 0 Å². The van der Waals surface area contributed by atoms with Gasteiger partial charge >= 0.3 is 0 Å². The highest BCUT2D eigenvalue weighted by atomic mass is 16.2. The second kappa shape index (κ2) is 11.5. The van der Waals surface area contributed by atoms with Crippen LogP contribution >= 0.6 is 0 Å². The van der Waals surface area contributed by atoms with Crippen molar-refractivity contribution < 1.29 is 4.79 Å².